The molecule has 0 aliphatic rings. The molecule has 1 atom stereocenters. The quantitative estimate of drug-likeness (QED) is 0.612. The maximum Gasteiger partial charge on any atom is 0.316 e. The maximum absolute atomic E-state index is 11.1. The van der Waals surface area contributed by atoms with Crippen molar-refractivity contribution in [1.82, 2.24) is 15.5 Å². The van der Waals surface area contributed by atoms with Crippen molar-refractivity contribution < 1.29 is 4.79 Å². The Morgan fingerprint density at radius 2 is 2.00 bits per heavy atom. The second-order valence-electron chi connectivity index (χ2n) is 2.89. The number of rotatable bonds is 4. The third-order valence-corrected chi connectivity index (χ3v) is 1.65. The summed E-state index contributed by atoms with van der Waals surface area (Å²) in [4.78, 5) is 13.0. The Hall–Kier alpha value is -0.770. The zero-order chi connectivity index (χ0) is 9.56. The number of hydrogen-bond donors (Lipinski definition) is 2. The van der Waals surface area contributed by atoms with Crippen LogP contribution in [0.25, 0.3) is 0 Å². The van der Waals surface area contributed by atoms with Crippen molar-refractivity contribution in [3.05, 3.63) is 0 Å². The molecule has 0 heterocycles. The van der Waals surface area contributed by atoms with E-state index in [1.165, 1.54) is 0 Å². The third kappa shape index (κ3) is 4.18. The first-order chi connectivity index (χ1) is 5.61. The standard InChI is InChI=1S/C8H19N3O/c1-5-7(11(3)4)10-8(12)9-6-2/h7H,5-6H2,1-4H3,(H2,9,10,12). The lowest BCUT2D eigenvalue weighted by Crippen LogP contribution is -2.48. The predicted molar refractivity (Wildman–Crippen MR) is 50.0 cm³/mol. The first-order valence-electron chi connectivity index (χ1n) is 4.32. The molecule has 4 heteroatoms. The molecule has 0 aromatic carbocycles. The highest BCUT2D eigenvalue weighted by atomic mass is 16.2. The van der Waals surface area contributed by atoms with Gasteiger partial charge in [0, 0.05) is 6.54 Å². The molecule has 0 radical (unpaired) electrons. The average Bonchev–Trinajstić information content (AvgIpc) is 2.00. The van der Waals surface area contributed by atoms with Gasteiger partial charge in [0.25, 0.3) is 0 Å². The number of nitrogens with one attached hydrogen (secondary N) is 2. The first-order valence-corrected chi connectivity index (χ1v) is 4.32. The molecule has 0 aliphatic heterocycles. The predicted octanol–water partition coefficient (Wildman–Crippen LogP) is 0.603. The van der Waals surface area contributed by atoms with E-state index in [1.807, 2.05) is 32.8 Å². The Morgan fingerprint density at radius 1 is 1.42 bits per heavy atom. The van der Waals surface area contributed by atoms with Gasteiger partial charge >= 0.3 is 6.03 Å². The van der Waals surface area contributed by atoms with Crippen LogP contribution in [-0.2, 0) is 0 Å². The number of amides is 2. The van der Waals surface area contributed by atoms with Crippen LogP contribution in [0, 0.1) is 0 Å². The molecule has 0 fully saturated rings. The van der Waals surface area contributed by atoms with Crippen LogP contribution in [0.3, 0.4) is 0 Å². The van der Waals surface area contributed by atoms with Crippen LogP contribution in [0.1, 0.15) is 20.3 Å². The van der Waals surface area contributed by atoms with Gasteiger partial charge in [-0.3, -0.25) is 4.90 Å². The normalized spacial score (nSPS) is 12.8. The van der Waals surface area contributed by atoms with Gasteiger partial charge in [0.05, 0.1) is 6.17 Å². The fraction of sp³-hybridized carbons (Fsp3) is 0.875. The molecule has 1 unspecified atom stereocenters. The monoisotopic (exact) mass is 173 g/mol. The SMILES string of the molecule is CCNC(=O)NC(CC)N(C)C. The van der Waals surface area contributed by atoms with Gasteiger partial charge in [-0.1, -0.05) is 6.92 Å². The summed E-state index contributed by atoms with van der Waals surface area (Å²) in [6, 6.07) is -0.0990. The zero-order valence-corrected chi connectivity index (χ0v) is 8.35. The van der Waals surface area contributed by atoms with Crippen LogP contribution in [0.4, 0.5) is 4.79 Å². The number of nitrogens with zero attached hydrogens (tertiary/aromatic N) is 1. The summed E-state index contributed by atoms with van der Waals surface area (Å²) in [6.45, 7) is 4.60. The molecule has 0 spiro atoms. The van der Waals surface area contributed by atoms with Gasteiger partial charge in [0.2, 0.25) is 0 Å². The second-order valence-corrected chi connectivity index (χ2v) is 2.89. The Labute approximate surface area is 74.3 Å². The summed E-state index contributed by atoms with van der Waals surface area (Å²) < 4.78 is 0. The van der Waals surface area contributed by atoms with Crippen molar-refractivity contribution in [2.24, 2.45) is 0 Å². The Bertz CT molecular complexity index is 136. The molecule has 2 amide bonds. The summed E-state index contributed by atoms with van der Waals surface area (Å²) in [5, 5.41) is 5.53. The van der Waals surface area contributed by atoms with Crippen molar-refractivity contribution in [2.45, 2.75) is 26.4 Å². The number of carbonyl (C=O) groups excluding carboxylic acids is 1. The molecule has 0 aromatic rings. The number of hydrogen-bond acceptors (Lipinski definition) is 2. The third-order valence-electron chi connectivity index (χ3n) is 1.65. The molecular formula is C8H19N3O. The highest BCUT2D eigenvalue weighted by Gasteiger charge is 2.10. The van der Waals surface area contributed by atoms with Gasteiger partial charge in [-0.25, -0.2) is 4.79 Å². The lowest BCUT2D eigenvalue weighted by Gasteiger charge is -2.23. The van der Waals surface area contributed by atoms with Crippen LogP contribution < -0.4 is 10.6 Å². The molecule has 0 bridgehead atoms. The topological polar surface area (TPSA) is 44.4 Å². The molecule has 0 saturated heterocycles. The van der Waals surface area contributed by atoms with Crippen molar-refractivity contribution in [2.75, 3.05) is 20.6 Å². The molecular weight excluding hydrogens is 154 g/mol. The number of carbonyl (C=O) groups is 1. The van der Waals surface area contributed by atoms with E-state index in [4.69, 9.17) is 0 Å². The van der Waals surface area contributed by atoms with Gasteiger partial charge < -0.3 is 10.6 Å². The van der Waals surface area contributed by atoms with Crippen molar-refractivity contribution in [3.8, 4) is 0 Å². The molecule has 72 valence electrons. The van der Waals surface area contributed by atoms with Crippen LogP contribution in [-0.4, -0.2) is 37.7 Å². The van der Waals surface area contributed by atoms with Gasteiger partial charge in [-0.2, -0.15) is 0 Å². The highest BCUT2D eigenvalue weighted by Crippen LogP contribution is 1.93. The molecule has 0 saturated carbocycles. The number of urea groups is 1. The summed E-state index contributed by atoms with van der Waals surface area (Å²) in [7, 11) is 3.89. The largest absolute Gasteiger partial charge is 0.338 e. The second kappa shape index (κ2) is 5.83. The summed E-state index contributed by atoms with van der Waals surface area (Å²) in [5.41, 5.74) is 0. The van der Waals surface area contributed by atoms with E-state index < -0.39 is 0 Å². The van der Waals surface area contributed by atoms with E-state index >= 15 is 0 Å². The van der Waals surface area contributed by atoms with Gasteiger partial charge in [0.1, 0.15) is 0 Å². The Kier molecular flexibility index (Phi) is 5.45. The van der Waals surface area contributed by atoms with Crippen LogP contribution >= 0.6 is 0 Å². The Morgan fingerprint density at radius 3 is 2.33 bits per heavy atom. The van der Waals surface area contributed by atoms with Crippen molar-refractivity contribution in [1.29, 1.82) is 0 Å². The fourth-order valence-corrected chi connectivity index (χ4v) is 0.959. The first kappa shape index (κ1) is 11.2. The van der Waals surface area contributed by atoms with Crippen molar-refractivity contribution >= 4 is 6.03 Å². The summed E-state index contributed by atoms with van der Waals surface area (Å²) in [6.07, 6.45) is 1.03. The molecule has 0 aliphatic carbocycles. The maximum atomic E-state index is 11.1. The van der Waals surface area contributed by atoms with E-state index in [-0.39, 0.29) is 12.2 Å². The lowest BCUT2D eigenvalue weighted by atomic mass is 10.3. The highest BCUT2D eigenvalue weighted by molar-refractivity contribution is 5.73. The minimum absolute atomic E-state index is 0.0990. The minimum Gasteiger partial charge on any atom is -0.338 e. The lowest BCUT2D eigenvalue weighted by molar-refractivity contribution is 0.208. The van der Waals surface area contributed by atoms with Crippen molar-refractivity contribution in [3.63, 3.8) is 0 Å². The van der Waals surface area contributed by atoms with E-state index in [0.29, 0.717) is 6.54 Å². The molecule has 2 N–H and O–H groups in total. The summed E-state index contributed by atoms with van der Waals surface area (Å²) >= 11 is 0. The van der Waals surface area contributed by atoms with Gasteiger partial charge in [-0.05, 0) is 27.4 Å². The van der Waals surface area contributed by atoms with E-state index in [2.05, 4.69) is 10.6 Å². The Balaban J connectivity index is 3.77. The average molecular weight is 173 g/mol. The van der Waals surface area contributed by atoms with Crippen LogP contribution in [0.15, 0.2) is 0 Å². The zero-order valence-electron chi connectivity index (χ0n) is 8.35. The van der Waals surface area contributed by atoms with E-state index in [9.17, 15) is 4.79 Å². The minimum atomic E-state index is -0.0990. The smallest absolute Gasteiger partial charge is 0.316 e. The molecule has 4 nitrogen and oxygen atoms in total. The molecule has 12 heavy (non-hydrogen) atoms. The molecule has 0 aromatic heterocycles. The van der Waals surface area contributed by atoms with E-state index in [1.54, 1.807) is 0 Å². The molecule has 0 rings (SSSR count). The van der Waals surface area contributed by atoms with Gasteiger partial charge in [-0.15, -0.1) is 0 Å². The van der Waals surface area contributed by atoms with Crippen LogP contribution in [0.2, 0.25) is 0 Å². The van der Waals surface area contributed by atoms with Crippen LogP contribution in [0.5, 0.6) is 0 Å². The summed E-state index contributed by atoms with van der Waals surface area (Å²) in [5.74, 6) is 0. The van der Waals surface area contributed by atoms with Gasteiger partial charge in [0.15, 0.2) is 0 Å². The van der Waals surface area contributed by atoms with E-state index in [0.717, 1.165) is 6.42 Å². The fourth-order valence-electron chi connectivity index (χ4n) is 0.959.